The van der Waals surface area contributed by atoms with E-state index in [9.17, 15) is 4.79 Å². The Hall–Kier alpha value is -2.69. The van der Waals surface area contributed by atoms with E-state index in [0.717, 1.165) is 16.6 Å². The van der Waals surface area contributed by atoms with Crippen LogP contribution in [0.3, 0.4) is 0 Å². The number of aromatic nitrogens is 3. The fourth-order valence-corrected chi connectivity index (χ4v) is 2.73. The average Bonchev–Trinajstić information content (AvgIpc) is 3.03. The van der Waals surface area contributed by atoms with Crippen LogP contribution in [0, 0.1) is 0 Å². The first-order chi connectivity index (χ1) is 12.2. The van der Waals surface area contributed by atoms with E-state index in [1.54, 1.807) is 10.7 Å². The van der Waals surface area contributed by atoms with Crippen molar-refractivity contribution in [3.05, 3.63) is 65.7 Å². The van der Waals surface area contributed by atoms with Crippen molar-refractivity contribution in [3.63, 3.8) is 0 Å². The average molecular weight is 351 g/mol. The molecule has 0 amide bonds. The van der Waals surface area contributed by atoms with Crippen LogP contribution in [0.25, 0.3) is 5.52 Å². The minimum atomic E-state index is -0.905. The molecule has 0 unspecified atom stereocenters. The summed E-state index contributed by atoms with van der Waals surface area (Å²) in [5.74, 6) is 0.251. The first-order valence-electron chi connectivity index (χ1n) is 8.75. The normalized spacial score (nSPS) is 12.3. The minimum absolute atomic E-state index is 0.00329. The molecule has 0 saturated carbocycles. The zero-order valence-electron chi connectivity index (χ0n) is 16.0. The van der Waals surface area contributed by atoms with Crippen LogP contribution < -0.4 is 0 Å². The second kappa shape index (κ2) is 6.56. The molecule has 3 aromatic rings. The van der Waals surface area contributed by atoms with Crippen LogP contribution in [0.1, 0.15) is 51.6 Å². The molecule has 0 N–H and O–H groups in total. The molecule has 0 radical (unpaired) electrons. The van der Waals surface area contributed by atoms with Crippen LogP contribution in [0.15, 0.2) is 48.8 Å². The van der Waals surface area contributed by atoms with Crippen molar-refractivity contribution in [2.45, 2.75) is 52.1 Å². The van der Waals surface area contributed by atoms with Crippen LogP contribution in [0.2, 0.25) is 0 Å². The first kappa shape index (κ1) is 18.1. The van der Waals surface area contributed by atoms with Gasteiger partial charge in [0.25, 0.3) is 0 Å². The van der Waals surface area contributed by atoms with Gasteiger partial charge < -0.3 is 4.74 Å². The molecule has 0 aliphatic heterocycles. The molecular weight excluding hydrogens is 326 g/mol. The smallest absolute Gasteiger partial charge is 0.319 e. The molecule has 0 spiro atoms. The van der Waals surface area contributed by atoms with Gasteiger partial charge in [0.05, 0.1) is 17.9 Å². The lowest BCUT2D eigenvalue weighted by Gasteiger charge is -2.22. The van der Waals surface area contributed by atoms with Crippen molar-refractivity contribution < 1.29 is 9.53 Å². The third kappa shape index (κ3) is 3.47. The number of rotatable bonds is 4. The standard InChI is InChI=1S/C21H25N3O2/c1-20(2,3)16-11-17-13-22-18(24(17)23-12-16)21(4,5)19(25)26-14-15-9-7-6-8-10-15/h6-13H,14H2,1-5H3. The highest BCUT2D eigenvalue weighted by molar-refractivity contribution is 5.81. The Bertz CT molecular complexity index is 921. The number of nitrogens with zero attached hydrogens (tertiary/aromatic N) is 3. The van der Waals surface area contributed by atoms with Gasteiger partial charge in [-0.25, -0.2) is 9.50 Å². The van der Waals surface area contributed by atoms with Crippen molar-refractivity contribution in [2.75, 3.05) is 0 Å². The molecule has 0 aliphatic rings. The van der Waals surface area contributed by atoms with Crippen LogP contribution in [0.5, 0.6) is 0 Å². The molecule has 5 nitrogen and oxygen atoms in total. The minimum Gasteiger partial charge on any atom is -0.460 e. The van der Waals surface area contributed by atoms with Gasteiger partial charge in [0, 0.05) is 0 Å². The maximum Gasteiger partial charge on any atom is 0.319 e. The predicted molar refractivity (Wildman–Crippen MR) is 101 cm³/mol. The number of esters is 1. The number of carbonyl (C=O) groups excluding carboxylic acids is 1. The maximum absolute atomic E-state index is 12.7. The second-order valence-electron chi connectivity index (χ2n) is 8.10. The van der Waals surface area contributed by atoms with Crippen molar-refractivity contribution in [3.8, 4) is 0 Å². The second-order valence-corrected chi connectivity index (χ2v) is 8.10. The summed E-state index contributed by atoms with van der Waals surface area (Å²) in [4.78, 5) is 17.2. The lowest BCUT2D eigenvalue weighted by molar-refractivity contribution is -0.151. The monoisotopic (exact) mass is 351 g/mol. The Kier molecular flexibility index (Phi) is 4.57. The van der Waals surface area contributed by atoms with Gasteiger partial charge in [-0.3, -0.25) is 4.79 Å². The molecule has 0 bridgehead atoms. The highest BCUT2D eigenvalue weighted by Gasteiger charge is 2.36. The molecule has 136 valence electrons. The summed E-state index contributed by atoms with van der Waals surface area (Å²) in [5, 5.41) is 4.52. The fourth-order valence-electron chi connectivity index (χ4n) is 2.73. The van der Waals surface area contributed by atoms with E-state index in [0.29, 0.717) is 5.82 Å². The maximum atomic E-state index is 12.7. The zero-order chi connectivity index (χ0) is 18.9. The zero-order valence-corrected chi connectivity index (χ0v) is 16.0. The topological polar surface area (TPSA) is 56.5 Å². The summed E-state index contributed by atoms with van der Waals surface area (Å²) in [6.45, 7) is 10.3. The van der Waals surface area contributed by atoms with Gasteiger partial charge in [0.15, 0.2) is 0 Å². The summed E-state index contributed by atoms with van der Waals surface area (Å²) in [7, 11) is 0. The van der Waals surface area contributed by atoms with Gasteiger partial charge in [0.2, 0.25) is 0 Å². The third-order valence-corrected chi connectivity index (χ3v) is 4.53. The van der Waals surface area contributed by atoms with E-state index in [-0.39, 0.29) is 18.0 Å². The van der Waals surface area contributed by atoms with Gasteiger partial charge in [-0.1, -0.05) is 51.1 Å². The van der Waals surface area contributed by atoms with Crippen molar-refractivity contribution >= 4 is 11.5 Å². The van der Waals surface area contributed by atoms with Crippen LogP contribution in [-0.4, -0.2) is 20.6 Å². The van der Waals surface area contributed by atoms with Gasteiger partial charge in [0.1, 0.15) is 17.8 Å². The summed E-state index contributed by atoms with van der Waals surface area (Å²) in [6, 6.07) is 11.7. The van der Waals surface area contributed by atoms with E-state index in [1.807, 2.05) is 50.4 Å². The Morgan fingerprint density at radius 1 is 1.08 bits per heavy atom. The number of fused-ring (bicyclic) bond motifs is 1. The van der Waals surface area contributed by atoms with Crippen molar-refractivity contribution in [1.29, 1.82) is 0 Å². The lowest BCUT2D eigenvalue weighted by atomic mass is 9.88. The van der Waals surface area contributed by atoms with E-state index < -0.39 is 5.41 Å². The number of hydrogen-bond donors (Lipinski definition) is 0. The summed E-state index contributed by atoms with van der Waals surface area (Å²) < 4.78 is 7.24. The molecule has 0 atom stereocenters. The number of ether oxygens (including phenoxy) is 1. The SMILES string of the molecule is CC(C)(C)c1cnn2c(C(C)(C)C(=O)OCc3ccccc3)ncc2c1. The van der Waals surface area contributed by atoms with E-state index in [4.69, 9.17) is 4.74 Å². The highest BCUT2D eigenvalue weighted by Crippen LogP contribution is 2.27. The number of benzene rings is 1. The molecule has 26 heavy (non-hydrogen) atoms. The molecule has 0 aliphatic carbocycles. The largest absolute Gasteiger partial charge is 0.460 e. The number of imidazole rings is 1. The Labute approximate surface area is 154 Å². The molecule has 0 fully saturated rings. The first-order valence-corrected chi connectivity index (χ1v) is 8.75. The Morgan fingerprint density at radius 2 is 1.77 bits per heavy atom. The van der Waals surface area contributed by atoms with E-state index in [2.05, 4.69) is 36.9 Å². The summed E-state index contributed by atoms with van der Waals surface area (Å²) in [6.07, 6.45) is 3.59. The van der Waals surface area contributed by atoms with Gasteiger partial charge in [-0.15, -0.1) is 0 Å². The van der Waals surface area contributed by atoms with Gasteiger partial charge in [-0.2, -0.15) is 5.10 Å². The summed E-state index contributed by atoms with van der Waals surface area (Å²) >= 11 is 0. The van der Waals surface area contributed by atoms with Crippen LogP contribution in [0.4, 0.5) is 0 Å². The molecular formula is C21H25N3O2. The lowest BCUT2D eigenvalue weighted by Crippen LogP contribution is -2.33. The summed E-state index contributed by atoms with van der Waals surface area (Å²) in [5.41, 5.74) is 2.05. The number of hydrogen-bond acceptors (Lipinski definition) is 4. The molecule has 2 heterocycles. The molecule has 3 rings (SSSR count). The third-order valence-electron chi connectivity index (χ3n) is 4.53. The Morgan fingerprint density at radius 3 is 2.42 bits per heavy atom. The van der Waals surface area contributed by atoms with Crippen LogP contribution in [-0.2, 0) is 27.0 Å². The van der Waals surface area contributed by atoms with Crippen molar-refractivity contribution in [2.24, 2.45) is 0 Å². The Balaban J connectivity index is 1.85. The van der Waals surface area contributed by atoms with Gasteiger partial charge in [-0.05, 0) is 36.5 Å². The molecule has 2 aromatic heterocycles. The van der Waals surface area contributed by atoms with Crippen molar-refractivity contribution in [1.82, 2.24) is 14.6 Å². The van der Waals surface area contributed by atoms with Gasteiger partial charge >= 0.3 is 5.97 Å². The highest BCUT2D eigenvalue weighted by atomic mass is 16.5. The fraction of sp³-hybridized carbons (Fsp3) is 0.381. The molecule has 1 aromatic carbocycles. The van der Waals surface area contributed by atoms with E-state index in [1.165, 1.54) is 0 Å². The van der Waals surface area contributed by atoms with E-state index >= 15 is 0 Å². The van der Waals surface area contributed by atoms with Crippen LogP contribution >= 0.6 is 0 Å². The molecule has 5 heteroatoms. The number of carbonyl (C=O) groups is 1. The quantitative estimate of drug-likeness (QED) is 0.666. The predicted octanol–water partition coefficient (Wildman–Crippen LogP) is 4.05. The molecule has 0 saturated heterocycles.